The predicted octanol–water partition coefficient (Wildman–Crippen LogP) is 5.44. The van der Waals surface area contributed by atoms with Gasteiger partial charge in [0.25, 0.3) is 0 Å². The number of nitrogens with two attached hydrogens (primary N) is 1. The number of nitrogens with zero attached hydrogens (tertiary/aromatic N) is 1. The van der Waals surface area contributed by atoms with Crippen molar-refractivity contribution in [1.29, 1.82) is 5.26 Å². The number of unbranched alkanes of at least 4 members (excludes halogenated alkanes) is 1. The number of nitriles is 1. The van der Waals surface area contributed by atoms with E-state index in [0.29, 0.717) is 34.8 Å². The second-order valence-electron chi connectivity index (χ2n) is 7.76. The van der Waals surface area contributed by atoms with Gasteiger partial charge in [-0.3, -0.25) is 0 Å². The number of ether oxygens (including phenoxy) is 3. The van der Waals surface area contributed by atoms with Crippen molar-refractivity contribution >= 4 is 5.97 Å². The second kappa shape index (κ2) is 10.1. The number of hydrogen-bond donors (Lipinski definition) is 1. The Hall–Kier alpha value is -4.31. The normalized spacial score (nSPS) is 14.6. The van der Waals surface area contributed by atoms with Gasteiger partial charge in [-0.2, -0.15) is 5.26 Å². The topological polar surface area (TPSA) is 94.6 Å². The zero-order valence-corrected chi connectivity index (χ0v) is 18.6. The van der Waals surface area contributed by atoms with E-state index in [2.05, 4.69) is 13.0 Å². The smallest absolute Gasteiger partial charge is 0.347 e. The Morgan fingerprint density at radius 3 is 2.65 bits per heavy atom. The van der Waals surface area contributed by atoms with Gasteiger partial charge in [-0.1, -0.05) is 43.7 Å². The Morgan fingerprint density at radius 1 is 1.15 bits per heavy atom. The molecule has 0 spiro atoms. The lowest BCUT2D eigenvalue weighted by Crippen LogP contribution is -2.21. The van der Waals surface area contributed by atoms with Crippen LogP contribution in [0.5, 0.6) is 17.2 Å². The zero-order valence-electron chi connectivity index (χ0n) is 18.6. The van der Waals surface area contributed by atoms with Crippen molar-refractivity contribution in [3.05, 3.63) is 101 Å². The molecule has 3 aromatic rings. The molecular formula is C27H23FN2O4. The van der Waals surface area contributed by atoms with Gasteiger partial charge in [0.05, 0.1) is 12.5 Å². The molecule has 0 saturated carbocycles. The number of esters is 1. The highest BCUT2D eigenvalue weighted by atomic mass is 19.1. The van der Waals surface area contributed by atoms with Crippen molar-refractivity contribution in [1.82, 2.24) is 0 Å². The molecule has 0 amide bonds. The Balaban J connectivity index is 1.62. The quantitative estimate of drug-likeness (QED) is 0.288. The zero-order chi connectivity index (χ0) is 24.1. The number of carbonyl (C=O) groups is 1. The number of carbonyl (C=O) groups excluding carboxylic acids is 1. The number of fused-ring (bicyclic) bond motifs is 1. The summed E-state index contributed by atoms with van der Waals surface area (Å²) in [6, 6.07) is 19.7. The van der Waals surface area contributed by atoms with Crippen molar-refractivity contribution < 1.29 is 23.4 Å². The van der Waals surface area contributed by atoms with E-state index in [1.807, 2.05) is 0 Å². The van der Waals surface area contributed by atoms with E-state index in [0.717, 1.165) is 12.8 Å². The molecule has 2 N–H and O–H groups in total. The van der Waals surface area contributed by atoms with Crippen molar-refractivity contribution in [2.75, 3.05) is 6.61 Å². The van der Waals surface area contributed by atoms with E-state index in [4.69, 9.17) is 19.9 Å². The molecule has 1 aliphatic rings. The Kier molecular flexibility index (Phi) is 6.79. The molecule has 7 heteroatoms. The number of para-hydroxylation sites is 1. The summed E-state index contributed by atoms with van der Waals surface area (Å²) in [5.41, 5.74) is 7.90. The molecule has 0 aromatic heterocycles. The van der Waals surface area contributed by atoms with Crippen LogP contribution >= 0.6 is 0 Å². The Bertz CT molecular complexity index is 1280. The first-order valence-corrected chi connectivity index (χ1v) is 10.9. The van der Waals surface area contributed by atoms with Crippen molar-refractivity contribution in [3.63, 3.8) is 0 Å². The lowest BCUT2D eigenvalue weighted by molar-refractivity contribution is 0.0730. The van der Waals surface area contributed by atoms with Crippen LogP contribution in [0.15, 0.2) is 78.2 Å². The molecule has 1 heterocycles. The largest absolute Gasteiger partial charge is 0.493 e. The van der Waals surface area contributed by atoms with Crippen LogP contribution < -0.4 is 19.9 Å². The van der Waals surface area contributed by atoms with Gasteiger partial charge >= 0.3 is 5.97 Å². The summed E-state index contributed by atoms with van der Waals surface area (Å²) >= 11 is 0. The van der Waals surface area contributed by atoms with Crippen molar-refractivity contribution in [2.45, 2.75) is 25.7 Å². The molecule has 0 fully saturated rings. The van der Waals surface area contributed by atoms with Crippen LogP contribution in [0.1, 0.15) is 47.2 Å². The first-order chi connectivity index (χ1) is 16.5. The highest BCUT2D eigenvalue weighted by Crippen LogP contribution is 2.43. The third kappa shape index (κ3) is 4.71. The third-order valence-corrected chi connectivity index (χ3v) is 5.47. The summed E-state index contributed by atoms with van der Waals surface area (Å²) in [6.07, 6.45) is 1.85. The van der Waals surface area contributed by atoms with Crippen LogP contribution in [0.3, 0.4) is 0 Å². The van der Waals surface area contributed by atoms with E-state index < -0.39 is 11.9 Å². The minimum Gasteiger partial charge on any atom is -0.493 e. The summed E-state index contributed by atoms with van der Waals surface area (Å²) in [5, 5.41) is 9.65. The minimum absolute atomic E-state index is 0.0533. The maximum Gasteiger partial charge on any atom is 0.347 e. The third-order valence-electron chi connectivity index (χ3n) is 5.47. The molecule has 0 aliphatic carbocycles. The van der Waals surface area contributed by atoms with Crippen LogP contribution in [0.2, 0.25) is 0 Å². The standard InChI is InChI=1S/C27H23FN2O4/c1-2-3-14-32-23-7-5-4-6-21(23)27(31)33-19-12-13-20-24(15-19)34-26(30)22(16-29)25(20)17-8-10-18(28)11-9-17/h4-13,15,25H,2-3,14,30H2,1H3. The first-order valence-electron chi connectivity index (χ1n) is 10.9. The average molecular weight is 458 g/mol. The molecule has 1 atom stereocenters. The molecule has 172 valence electrons. The monoisotopic (exact) mass is 458 g/mol. The highest BCUT2D eigenvalue weighted by Gasteiger charge is 2.31. The van der Waals surface area contributed by atoms with Crippen LogP contribution in [-0.2, 0) is 0 Å². The second-order valence-corrected chi connectivity index (χ2v) is 7.76. The molecule has 0 saturated heterocycles. The van der Waals surface area contributed by atoms with Gasteiger partial charge in [0.2, 0.25) is 5.88 Å². The molecule has 0 bridgehead atoms. The fourth-order valence-electron chi connectivity index (χ4n) is 3.75. The summed E-state index contributed by atoms with van der Waals surface area (Å²) in [5.74, 6) is -0.486. The molecule has 34 heavy (non-hydrogen) atoms. The predicted molar refractivity (Wildman–Crippen MR) is 124 cm³/mol. The fraction of sp³-hybridized carbons (Fsp3) is 0.185. The molecule has 0 radical (unpaired) electrons. The number of rotatable bonds is 7. The summed E-state index contributed by atoms with van der Waals surface area (Å²) in [7, 11) is 0. The molecular weight excluding hydrogens is 435 g/mol. The number of hydrogen-bond acceptors (Lipinski definition) is 6. The van der Waals surface area contributed by atoms with Gasteiger partial charge in [0, 0.05) is 11.6 Å². The van der Waals surface area contributed by atoms with E-state index in [1.54, 1.807) is 54.6 Å². The molecule has 3 aromatic carbocycles. The van der Waals surface area contributed by atoms with Crippen LogP contribution in [0, 0.1) is 17.1 Å². The van der Waals surface area contributed by atoms with Crippen molar-refractivity contribution in [2.24, 2.45) is 5.73 Å². The SMILES string of the molecule is CCCCOc1ccccc1C(=O)Oc1ccc2c(c1)OC(N)=C(C#N)C2c1ccc(F)cc1. The van der Waals surface area contributed by atoms with E-state index >= 15 is 0 Å². The molecule has 6 nitrogen and oxygen atoms in total. The summed E-state index contributed by atoms with van der Waals surface area (Å²) in [4.78, 5) is 12.9. The van der Waals surface area contributed by atoms with E-state index in [-0.39, 0.29) is 23.0 Å². The number of halogens is 1. The molecule has 1 aliphatic heterocycles. The maximum atomic E-state index is 13.5. The fourth-order valence-corrected chi connectivity index (χ4v) is 3.75. The minimum atomic E-state index is -0.570. The Labute approximate surface area is 197 Å². The summed E-state index contributed by atoms with van der Waals surface area (Å²) < 4.78 is 30.4. The molecule has 1 unspecified atom stereocenters. The van der Waals surface area contributed by atoms with Gasteiger partial charge in [-0.25, -0.2) is 9.18 Å². The average Bonchev–Trinajstić information content (AvgIpc) is 2.84. The van der Waals surface area contributed by atoms with Gasteiger partial charge in [0.15, 0.2) is 0 Å². The van der Waals surface area contributed by atoms with Crippen molar-refractivity contribution in [3.8, 4) is 23.3 Å². The highest BCUT2D eigenvalue weighted by molar-refractivity contribution is 5.94. The first kappa shape index (κ1) is 22.9. The van der Waals surface area contributed by atoms with Gasteiger partial charge in [-0.15, -0.1) is 0 Å². The number of allylic oxidation sites excluding steroid dienone is 1. The Morgan fingerprint density at radius 2 is 1.91 bits per heavy atom. The lowest BCUT2D eigenvalue weighted by Gasteiger charge is -2.26. The van der Waals surface area contributed by atoms with E-state index in [9.17, 15) is 14.4 Å². The van der Waals surface area contributed by atoms with Gasteiger partial charge in [-0.05, 0) is 42.3 Å². The molecule has 4 rings (SSSR count). The number of benzene rings is 3. The van der Waals surface area contributed by atoms with Gasteiger partial charge in [0.1, 0.15) is 40.3 Å². The van der Waals surface area contributed by atoms with Crippen LogP contribution in [0.25, 0.3) is 0 Å². The van der Waals surface area contributed by atoms with Crippen LogP contribution in [0.4, 0.5) is 4.39 Å². The van der Waals surface area contributed by atoms with E-state index in [1.165, 1.54) is 12.1 Å². The lowest BCUT2D eigenvalue weighted by atomic mass is 9.83. The maximum absolute atomic E-state index is 13.5. The summed E-state index contributed by atoms with van der Waals surface area (Å²) in [6.45, 7) is 2.56. The van der Waals surface area contributed by atoms with Crippen LogP contribution in [-0.4, -0.2) is 12.6 Å². The van der Waals surface area contributed by atoms with Gasteiger partial charge < -0.3 is 19.9 Å².